The van der Waals surface area contributed by atoms with Gasteiger partial charge in [0, 0.05) is 25.6 Å². The minimum Gasteiger partial charge on any atom is -0.327 e. The third-order valence-electron chi connectivity index (χ3n) is 2.32. The lowest BCUT2D eigenvalue weighted by Gasteiger charge is -2.30. The van der Waals surface area contributed by atoms with Gasteiger partial charge in [-0.2, -0.15) is 0 Å². The number of hydrogen-bond acceptors (Lipinski definition) is 3. The standard InChI is InChI=1S/C9H18N2O/c1-8(12)4-6-11-5-2-3-9(10)7-11/h9H,2-7,10H2,1H3/t9-/m0/s1. The Bertz CT molecular complexity index is 159. The number of likely N-dealkylation sites (tertiary alicyclic amines) is 1. The predicted octanol–water partition coefficient (Wildman–Crippen LogP) is 0.389. The Morgan fingerprint density at radius 3 is 3.00 bits per heavy atom. The van der Waals surface area contributed by atoms with Gasteiger partial charge in [-0.25, -0.2) is 0 Å². The van der Waals surface area contributed by atoms with Crippen LogP contribution in [0.15, 0.2) is 0 Å². The Hall–Kier alpha value is -0.410. The Morgan fingerprint density at radius 2 is 2.42 bits per heavy atom. The second-order valence-corrected chi connectivity index (χ2v) is 3.65. The number of nitrogens with two attached hydrogens (primary N) is 1. The molecule has 0 aromatic rings. The van der Waals surface area contributed by atoms with Gasteiger partial charge in [-0.3, -0.25) is 4.79 Å². The summed E-state index contributed by atoms with van der Waals surface area (Å²) in [5, 5.41) is 0. The molecule has 1 rings (SSSR count). The number of rotatable bonds is 3. The molecule has 0 radical (unpaired) electrons. The lowest BCUT2D eigenvalue weighted by molar-refractivity contribution is -0.117. The van der Waals surface area contributed by atoms with Gasteiger partial charge in [0.05, 0.1) is 0 Å². The molecule has 1 saturated heterocycles. The fraction of sp³-hybridized carbons (Fsp3) is 0.889. The molecule has 1 aliphatic rings. The molecule has 2 N–H and O–H groups in total. The van der Waals surface area contributed by atoms with Crippen LogP contribution < -0.4 is 5.73 Å². The third kappa shape index (κ3) is 3.32. The van der Waals surface area contributed by atoms with Crippen LogP contribution in [0.2, 0.25) is 0 Å². The van der Waals surface area contributed by atoms with Crippen LogP contribution >= 0.6 is 0 Å². The van der Waals surface area contributed by atoms with E-state index < -0.39 is 0 Å². The molecule has 3 heteroatoms. The van der Waals surface area contributed by atoms with Gasteiger partial charge in [0.25, 0.3) is 0 Å². The van der Waals surface area contributed by atoms with E-state index in [1.165, 1.54) is 6.42 Å². The van der Waals surface area contributed by atoms with Crippen LogP contribution in [0.1, 0.15) is 26.2 Å². The normalized spacial score (nSPS) is 25.7. The van der Waals surface area contributed by atoms with Crippen molar-refractivity contribution in [3.63, 3.8) is 0 Å². The SMILES string of the molecule is CC(=O)CCN1CCC[C@H](N)C1. The number of carbonyl (C=O) groups excluding carboxylic acids is 1. The molecule has 0 amide bonds. The molecule has 1 heterocycles. The van der Waals surface area contributed by atoms with Crippen molar-refractivity contribution in [3.8, 4) is 0 Å². The van der Waals surface area contributed by atoms with Crippen LogP contribution in [0, 0.1) is 0 Å². The summed E-state index contributed by atoms with van der Waals surface area (Å²) in [6.45, 7) is 4.61. The molecule has 1 aliphatic heterocycles. The predicted molar refractivity (Wildman–Crippen MR) is 48.9 cm³/mol. The topological polar surface area (TPSA) is 46.3 Å². The Morgan fingerprint density at radius 1 is 1.67 bits per heavy atom. The van der Waals surface area contributed by atoms with E-state index >= 15 is 0 Å². The molecule has 0 aromatic heterocycles. The Kier molecular flexibility index (Phi) is 3.69. The first-order valence-corrected chi connectivity index (χ1v) is 4.66. The molecule has 1 fully saturated rings. The first-order chi connectivity index (χ1) is 5.68. The fourth-order valence-electron chi connectivity index (χ4n) is 1.61. The molecule has 12 heavy (non-hydrogen) atoms. The first kappa shape index (κ1) is 9.68. The van der Waals surface area contributed by atoms with Crippen LogP contribution in [0.25, 0.3) is 0 Å². The number of hydrogen-bond donors (Lipinski definition) is 1. The number of piperidine rings is 1. The lowest BCUT2D eigenvalue weighted by Crippen LogP contribution is -2.43. The molecule has 1 atom stereocenters. The summed E-state index contributed by atoms with van der Waals surface area (Å²) in [5.41, 5.74) is 5.80. The second-order valence-electron chi connectivity index (χ2n) is 3.65. The average Bonchev–Trinajstić information content (AvgIpc) is 2.01. The minimum absolute atomic E-state index is 0.272. The van der Waals surface area contributed by atoms with Crippen molar-refractivity contribution < 1.29 is 4.79 Å². The average molecular weight is 170 g/mol. The van der Waals surface area contributed by atoms with Crippen molar-refractivity contribution >= 4 is 5.78 Å². The molecule has 3 nitrogen and oxygen atoms in total. The fourth-order valence-corrected chi connectivity index (χ4v) is 1.61. The highest BCUT2D eigenvalue weighted by Gasteiger charge is 2.15. The second kappa shape index (κ2) is 4.58. The van der Waals surface area contributed by atoms with Gasteiger partial charge in [-0.05, 0) is 26.3 Å². The maximum absolute atomic E-state index is 10.7. The van der Waals surface area contributed by atoms with Gasteiger partial charge >= 0.3 is 0 Å². The number of nitrogens with zero attached hydrogens (tertiary/aromatic N) is 1. The lowest BCUT2D eigenvalue weighted by atomic mass is 10.1. The highest BCUT2D eigenvalue weighted by molar-refractivity contribution is 5.75. The van der Waals surface area contributed by atoms with Crippen LogP contribution in [0.5, 0.6) is 0 Å². The maximum atomic E-state index is 10.7. The van der Waals surface area contributed by atoms with E-state index in [1.54, 1.807) is 6.92 Å². The first-order valence-electron chi connectivity index (χ1n) is 4.66. The van der Waals surface area contributed by atoms with Gasteiger partial charge in [0.1, 0.15) is 5.78 Å². The Labute approximate surface area is 73.9 Å². The molecule has 0 spiro atoms. The van der Waals surface area contributed by atoms with Gasteiger partial charge in [-0.1, -0.05) is 0 Å². The summed E-state index contributed by atoms with van der Waals surface area (Å²) in [6.07, 6.45) is 2.99. The van der Waals surface area contributed by atoms with Crippen LogP contribution in [-0.4, -0.2) is 36.4 Å². The molecule has 0 aliphatic carbocycles. The van der Waals surface area contributed by atoms with Crippen molar-refractivity contribution in [3.05, 3.63) is 0 Å². The van der Waals surface area contributed by atoms with Gasteiger partial charge in [0.2, 0.25) is 0 Å². The van der Waals surface area contributed by atoms with E-state index in [0.29, 0.717) is 12.5 Å². The molecular weight excluding hydrogens is 152 g/mol. The summed E-state index contributed by atoms with van der Waals surface area (Å²) >= 11 is 0. The largest absolute Gasteiger partial charge is 0.327 e. The van der Waals surface area contributed by atoms with E-state index in [-0.39, 0.29) is 5.78 Å². The molecule has 0 bridgehead atoms. The van der Waals surface area contributed by atoms with Gasteiger partial charge in [-0.15, -0.1) is 0 Å². The van der Waals surface area contributed by atoms with Crippen molar-refractivity contribution in [2.45, 2.75) is 32.2 Å². The molecule has 0 aromatic carbocycles. The monoisotopic (exact) mass is 170 g/mol. The van der Waals surface area contributed by atoms with E-state index in [9.17, 15) is 4.79 Å². The number of Topliss-reactive ketones (excluding diaryl/α,β-unsaturated/α-hetero) is 1. The van der Waals surface area contributed by atoms with Crippen LogP contribution in [0.3, 0.4) is 0 Å². The van der Waals surface area contributed by atoms with E-state index in [1.807, 2.05) is 0 Å². The molecular formula is C9H18N2O. The van der Waals surface area contributed by atoms with Gasteiger partial charge < -0.3 is 10.6 Å². The number of ketones is 1. The van der Waals surface area contributed by atoms with E-state index in [4.69, 9.17) is 5.73 Å². The summed E-state index contributed by atoms with van der Waals surface area (Å²) in [7, 11) is 0. The smallest absolute Gasteiger partial charge is 0.131 e. The summed E-state index contributed by atoms with van der Waals surface area (Å²) in [5.74, 6) is 0.272. The van der Waals surface area contributed by atoms with E-state index in [0.717, 1.165) is 26.1 Å². The van der Waals surface area contributed by atoms with Crippen LogP contribution in [-0.2, 0) is 4.79 Å². The van der Waals surface area contributed by atoms with Crippen molar-refractivity contribution in [1.29, 1.82) is 0 Å². The third-order valence-corrected chi connectivity index (χ3v) is 2.32. The minimum atomic E-state index is 0.272. The summed E-state index contributed by atoms with van der Waals surface area (Å²) < 4.78 is 0. The van der Waals surface area contributed by atoms with Crippen molar-refractivity contribution in [2.24, 2.45) is 5.73 Å². The highest BCUT2D eigenvalue weighted by Crippen LogP contribution is 2.08. The zero-order chi connectivity index (χ0) is 8.97. The quantitative estimate of drug-likeness (QED) is 0.666. The maximum Gasteiger partial charge on any atom is 0.131 e. The number of carbonyl (C=O) groups is 1. The van der Waals surface area contributed by atoms with Crippen molar-refractivity contribution in [1.82, 2.24) is 4.90 Å². The molecule has 0 unspecified atom stereocenters. The zero-order valence-electron chi connectivity index (χ0n) is 7.75. The molecule has 0 saturated carbocycles. The highest BCUT2D eigenvalue weighted by atomic mass is 16.1. The van der Waals surface area contributed by atoms with E-state index in [2.05, 4.69) is 4.90 Å². The van der Waals surface area contributed by atoms with Crippen LogP contribution in [0.4, 0.5) is 0 Å². The Balaban J connectivity index is 2.18. The molecule has 70 valence electrons. The van der Waals surface area contributed by atoms with Gasteiger partial charge in [0.15, 0.2) is 0 Å². The zero-order valence-corrected chi connectivity index (χ0v) is 7.75. The summed E-state index contributed by atoms with van der Waals surface area (Å²) in [6, 6.07) is 0.325. The summed E-state index contributed by atoms with van der Waals surface area (Å²) in [4.78, 5) is 13.0. The van der Waals surface area contributed by atoms with Crippen molar-refractivity contribution in [2.75, 3.05) is 19.6 Å².